The minimum absolute atomic E-state index is 0.0856. The van der Waals surface area contributed by atoms with Crippen LogP contribution in [-0.2, 0) is 13.2 Å². The van der Waals surface area contributed by atoms with Crippen LogP contribution in [0.1, 0.15) is 28.2 Å². The van der Waals surface area contributed by atoms with Crippen LogP contribution in [0.4, 0.5) is 0 Å². The molecule has 0 spiro atoms. The van der Waals surface area contributed by atoms with Gasteiger partial charge in [0.1, 0.15) is 42.1 Å². The van der Waals surface area contributed by atoms with Crippen molar-refractivity contribution >= 4 is 31.9 Å². The fourth-order valence-electron chi connectivity index (χ4n) is 4.21. The minimum atomic E-state index is -0.391. The van der Waals surface area contributed by atoms with Crippen molar-refractivity contribution in [1.82, 2.24) is 0 Å². The van der Waals surface area contributed by atoms with Gasteiger partial charge in [-0.15, -0.1) is 0 Å². The average Bonchev–Trinajstić information content (AvgIpc) is 2.91. The van der Waals surface area contributed by atoms with Crippen LogP contribution in [-0.4, -0.2) is 0 Å². The van der Waals surface area contributed by atoms with Crippen LogP contribution in [0.15, 0.2) is 111 Å². The molecule has 1 atom stereocenters. The number of allylic oxidation sites excluding steroid dienone is 1. The first-order valence-electron chi connectivity index (χ1n) is 11.6. The van der Waals surface area contributed by atoms with Gasteiger partial charge in [0.25, 0.3) is 0 Å². The number of halogens is 2. The molecule has 1 heterocycles. The van der Waals surface area contributed by atoms with E-state index >= 15 is 0 Å². The molecule has 7 heteroatoms. The lowest BCUT2D eigenvalue weighted by atomic mass is 9.83. The summed E-state index contributed by atoms with van der Waals surface area (Å²) in [6, 6.07) is 31.4. The summed E-state index contributed by atoms with van der Waals surface area (Å²) in [6.45, 7) is 0.811. The molecule has 0 fully saturated rings. The van der Waals surface area contributed by atoms with Gasteiger partial charge in [-0.25, -0.2) is 0 Å². The normalized spacial score (nSPS) is 14.4. The van der Waals surface area contributed by atoms with Crippen LogP contribution in [0.25, 0.3) is 0 Å². The van der Waals surface area contributed by atoms with Gasteiger partial charge in [-0.2, -0.15) is 5.26 Å². The molecule has 0 saturated carbocycles. The molecule has 0 aliphatic carbocycles. The highest BCUT2D eigenvalue weighted by molar-refractivity contribution is 9.10. The molecule has 0 amide bonds. The lowest BCUT2D eigenvalue weighted by molar-refractivity contribution is 0.302. The zero-order valence-corrected chi connectivity index (χ0v) is 22.8. The highest BCUT2D eigenvalue weighted by atomic mass is 79.9. The van der Waals surface area contributed by atoms with E-state index in [1.807, 2.05) is 91.0 Å². The predicted octanol–water partition coefficient (Wildman–Crippen LogP) is 7.59. The summed E-state index contributed by atoms with van der Waals surface area (Å²) >= 11 is 7.11. The number of nitriles is 1. The van der Waals surface area contributed by atoms with E-state index in [2.05, 4.69) is 37.9 Å². The van der Waals surface area contributed by atoms with Gasteiger partial charge in [-0.3, -0.25) is 0 Å². The van der Waals surface area contributed by atoms with E-state index in [-0.39, 0.29) is 5.88 Å². The third kappa shape index (κ3) is 5.51. The Bertz CT molecular complexity index is 1530. The van der Waals surface area contributed by atoms with Gasteiger partial charge in [0, 0.05) is 31.7 Å². The lowest BCUT2D eigenvalue weighted by Gasteiger charge is -2.27. The van der Waals surface area contributed by atoms with Crippen molar-refractivity contribution in [3.05, 3.63) is 134 Å². The second-order valence-corrected chi connectivity index (χ2v) is 10.2. The van der Waals surface area contributed by atoms with Gasteiger partial charge >= 0.3 is 0 Å². The number of nitrogens with zero attached hydrogens (tertiary/aromatic N) is 1. The number of hydrogen-bond acceptors (Lipinski definition) is 5. The summed E-state index contributed by atoms with van der Waals surface area (Å²) in [6.07, 6.45) is 0. The maximum absolute atomic E-state index is 9.93. The number of benzene rings is 4. The Morgan fingerprint density at radius 2 is 1.41 bits per heavy atom. The molecule has 37 heavy (non-hydrogen) atoms. The first-order chi connectivity index (χ1) is 18.0. The molecule has 2 N–H and O–H groups in total. The summed E-state index contributed by atoms with van der Waals surface area (Å²) in [4.78, 5) is 0. The van der Waals surface area contributed by atoms with Gasteiger partial charge in [0.05, 0.1) is 5.92 Å². The number of ether oxygens (including phenoxy) is 3. The predicted molar refractivity (Wildman–Crippen MR) is 149 cm³/mol. The van der Waals surface area contributed by atoms with Crippen LogP contribution in [0.5, 0.6) is 17.2 Å². The topological polar surface area (TPSA) is 77.5 Å². The lowest BCUT2D eigenvalue weighted by Crippen LogP contribution is -2.21. The number of hydrogen-bond donors (Lipinski definition) is 1. The molecule has 1 aliphatic heterocycles. The monoisotopic (exact) mass is 616 g/mol. The maximum Gasteiger partial charge on any atom is 0.205 e. The fourth-order valence-corrected chi connectivity index (χ4v) is 5.00. The van der Waals surface area contributed by atoms with Crippen molar-refractivity contribution < 1.29 is 14.2 Å². The summed E-state index contributed by atoms with van der Waals surface area (Å²) in [7, 11) is 0. The standard InChI is InChI=1S/C30H22Br2N2O3/c31-26-10-3-1-6-20(26)17-35-22-9-5-8-19(14-22)29-24-13-12-23(15-28(24)37-30(34)25(29)16-33)36-18-21-7-2-4-11-27(21)32/h1-15,29H,17-18,34H2. The maximum atomic E-state index is 9.93. The van der Waals surface area contributed by atoms with E-state index in [0.29, 0.717) is 36.0 Å². The fraction of sp³-hybridized carbons (Fsp3) is 0.100. The second-order valence-electron chi connectivity index (χ2n) is 8.46. The first kappa shape index (κ1) is 24.9. The molecule has 184 valence electrons. The molecule has 1 aliphatic rings. The highest BCUT2D eigenvalue weighted by Gasteiger charge is 2.31. The molecule has 5 nitrogen and oxygen atoms in total. The van der Waals surface area contributed by atoms with E-state index in [0.717, 1.165) is 31.2 Å². The van der Waals surface area contributed by atoms with E-state index in [4.69, 9.17) is 19.9 Å². The molecule has 4 aromatic carbocycles. The quantitative estimate of drug-likeness (QED) is 0.231. The Morgan fingerprint density at radius 1 is 0.784 bits per heavy atom. The molecule has 4 aromatic rings. The Balaban J connectivity index is 1.41. The Morgan fingerprint density at radius 3 is 2.03 bits per heavy atom. The van der Waals surface area contributed by atoms with Crippen LogP contribution >= 0.6 is 31.9 Å². The Kier molecular flexibility index (Phi) is 7.50. The number of fused-ring (bicyclic) bond motifs is 1. The summed E-state index contributed by atoms with van der Waals surface area (Å²) in [5, 5.41) is 9.93. The Labute approximate surface area is 232 Å². The minimum Gasteiger partial charge on any atom is -0.489 e. The molecule has 0 aromatic heterocycles. The SMILES string of the molecule is N#CC1=C(N)Oc2cc(OCc3ccccc3Br)ccc2C1c1cccc(OCc2ccccc2Br)c1. The van der Waals surface area contributed by atoms with Gasteiger partial charge in [0.2, 0.25) is 5.88 Å². The largest absolute Gasteiger partial charge is 0.489 e. The zero-order valence-electron chi connectivity index (χ0n) is 19.7. The highest BCUT2D eigenvalue weighted by Crippen LogP contribution is 2.44. The first-order valence-corrected chi connectivity index (χ1v) is 13.2. The third-order valence-electron chi connectivity index (χ3n) is 6.09. The van der Waals surface area contributed by atoms with Crippen molar-refractivity contribution in [3.8, 4) is 23.3 Å². The van der Waals surface area contributed by atoms with Crippen LogP contribution in [0.2, 0.25) is 0 Å². The van der Waals surface area contributed by atoms with E-state index in [9.17, 15) is 5.26 Å². The van der Waals surface area contributed by atoms with Gasteiger partial charge in [0.15, 0.2) is 0 Å². The summed E-state index contributed by atoms with van der Waals surface area (Å²) in [5.41, 5.74) is 10.4. The van der Waals surface area contributed by atoms with Crippen LogP contribution in [0.3, 0.4) is 0 Å². The van der Waals surface area contributed by atoms with Crippen molar-refractivity contribution in [2.45, 2.75) is 19.1 Å². The number of rotatable bonds is 7. The smallest absolute Gasteiger partial charge is 0.205 e. The molecular weight excluding hydrogens is 596 g/mol. The molecule has 5 rings (SSSR count). The Hall–Kier alpha value is -3.73. The summed E-state index contributed by atoms with van der Waals surface area (Å²) in [5.74, 6) is 1.60. The van der Waals surface area contributed by atoms with Crippen molar-refractivity contribution in [1.29, 1.82) is 5.26 Å². The van der Waals surface area contributed by atoms with Gasteiger partial charge in [-0.1, -0.05) is 86.5 Å². The van der Waals surface area contributed by atoms with Crippen LogP contribution in [0, 0.1) is 11.3 Å². The van der Waals surface area contributed by atoms with E-state index in [1.54, 1.807) is 0 Å². The van der Waals surface area contributed by atoms with E-state index in [1.165, 1.54) is 0 Å². The number of nitrogens with two attached hydrogens (primary N) is 1. The average molecular weight is 618 g/mol. The van der Waals surface area contributed by atoms with Gasteiger partial charge in [-0.05, 0) is 35.9 Å². The van der Waals surface area contributed by atoms with Crippen molar-refractivity contribution in [3.63, 3.8) is 0 Å². The van der Waals surface area contributed by atoms with E-state index < -0.39 is 5.92 Å². The molecule has 0 radical (unpaired) electrons. The van der Waals surface area contributed by atoms with Crippen molar-refractivity contribution in [2.75, 3.05) is 0 Å². The van der Waals surface area contributed by atoms with Crippen molar-refractivity contribution in [2.24, 2.45) is 5.73 Å². The molecule has 0 bridgehead atoms. The molecular formula is C30H22Br2N2O3. The second kappa shape index (κ2) is 11.1. The third-order valence-corrected chi connectivity index (χ3v) is 7.63. The zero-order chi connectivity index (χ0) is 25.8. The molecule has 1 unspecified atom stereocenters. The van der Waals surface area contributed by atoms with Gasteiger partial charge < -0.3 is 19.9 Å². The molecule has 0 saturated heterocycles. The van der Waals surface area contributed by atoms with Crippen LogP contribution < -0.4 is 19.9 Å². The summed E-state index contributed by atoms with van der Waals surface area (Å²) < 4.78 is 19.9.